The number of hydrogen-bond donors (Lipinski definition) is 0. The molecular formula is C4H3Cl5O2. The Bertz CT molecular complexity index is 134. The first-order valence-corrected chi connectivity index (χ1v) is 4.30. The van der Waals surface area contributed by atoms with Gasteiger partial charge in [-0.05, 0) is 23.2 Å². The summed E-state index contributed by atoms with van der Waals surface area (Å²) in [5.74, 6) is -0.0957. The molecule has 0 radical (unpaired) electrons. The van der Waals surface area contributed by atoms with Gasteiger partial charge in [0.2, 0.25) is 5.24 Å². The van der Waals surface area contributed by atoms with Crippen LogP contribution in [0.2, 0.25) is 0 Å². The second-order valence-corrected chi connectivity index (χ2v) is 3.25. The highest BCUT2D eigenvalue weighted by molar-refractivity contribution is 6.75. The third kappa shape index (κ3) is 18.1. The van der Waals surface area contributed by atoms with Gasteiger partial charge >= 0.3 is 0 Å². The molecule has 0 bridgehead atoms. The van der Waals surface area contributed by atoms with E-state index in [4.69, 9.17) is 58.0 Å². The highest BCUT2D eigenvalue weighted by atomic mass is 35.5. The first-order chi connectivity index (χ1) is 4.91. The van der Waals surface area contributed by atoms with Crippen molar-refractivity contribution < 1.29 is 9.59 Å². The molecule has 0 unspecified atom stereocenters. The Labute approximate surface area is 88.7 Å². The van der Waals surface area contributed by atoms with Crippen LogP contribution in [0.4, 0.5) is 0 Å². The van der Waals surface area contributed by atoms with Gasteiger partial charge in [0.1, 0.15) is 0 Å². The van der Waals surface area contributed by atoms with E-state index in [0.29, 0.717) is 0 Å². The number of carbonyl (C=O) groups excluding carboxylic acids is 2. The van der Waals surface area contributed by atoms with E-state index in [-0.39, 0.29) is 5.88 Å². The van der Waals surface area contributed by atoms with Crippen LogP contribution in [-0.4, -0.2) is 21.2 Å². The van der Waals surface area contributed by atoms with E-state index in [0.717, 1.165) is 0 Å². The van der Waals surface area contributed by atoms with Crippen molar-refractivity contribution in [3.05, 3.63) is 0 Å². The normalized spacial score (nSPS) is 8.55. The van der Waals surface area contributed by atoms with Crippen LogP contribution >= 0.6 is 58.0 Å². The summed E-state index contributed by atoms with van der Waals surface area (Å²) in [7, 11) is 0. The van der Waals surface area contributed by atoms with Gasteiger partial charge in [0.05, 0.1) is 5.88 Å². The first kappa shape index (κ1) is 14.3. The van der Waals surface area contributed by atoms with Crippen molar-refractivity contribution in [2.75, 3.05) is 5.88 Å². The Morgan fingerprint density at radius 2 is 1.36 bits per heavy atom. The maximum absolute atomic E-state index is 9.65. The largest absolute Gasteiger partial charge is 0.280 e. The molecule has 0 amide bonds. The number of halogens is 5. The maximum Gasteiger partial charge on any atom is 0.254 e. The third-order valence-corrected chi connectivity index (χ3v) is 1.63. The molecule has 0 heterocycles. The molecule has 0 N–H and O–H groups in total. The van der Waals surface area contributed by atoms with E-state index < -0.39 is 15.3 Å². The van der Waals surface area contributed by atoms with Crippen molar-refractivity contribution >= 4 is 68.5 Å². The molecule has 0 aromatic carbocycles. The van der Waals surface area contributed by atoms with Crippen molar-refractivity contribution in [1.29, 1.82) is 0 Å². The molecule has 0 saturated carbocycles. The zero-order valence-corrected chi connectivity index (χ0v) is 8.77. The summed E-state index contributed by atoms with van der Waals surface area (Å²) >= 11 is 24.0. The van der Waals surface area contributed by atoms with Crippen LogP contribution in [0.15, 0.2) is 0 Å². The molecular weight excluding hydrogens is 257 g/mol. The molecule has 0 aliphatic rings. The van der Waals surface area contributed by atoms with Crippen molar-refractivity contribution in [2.24, 2.45) is 0 Å². The van der Waals surface area contributed by atoms with Crippen molar-refractivity contribution in [3.63, 3.8) is 0 Å². The van der Waals surface area contributed by atoms with E-state index in [1.807, 2.05) is 0 Å². The van der Waals surface area contributed by atoms with Gasteiger partial charge in [0, 0.05) is 0 Å². The van der Waals surface area contributed by atoms with E-state index in [2.05, 4.69) is 0 Å². The van der Waals surface area contributed by atoms with Crippen molar-refractivity contribution in [3.8, 4) is 0 Å². The van der Waals surface area contributed by atoms with Crippen molar-refractivity contribution in [1.82, 2.24) is 0 Å². The topological polar surface area (TPSA) is 34.1 Å². The molecule has 2 nitrogen and oxygen atoms in total. The Balaban J connectivity index is 0. The van der Waals surface area contributed by atoms with Crippen LogP contribution in [0.25, 0.3) is 0 Å². The second-order valence-electron chi connectivity index (χ2n) is 1.09. The van der Waals surface area contributed by atoms with Gasteiger partial charge in [-0.25, -0.2) is 0 Å². The maximum atomic E-state index is 9.65. The molecule has 0 aliphatic carbocycles. The summed E-state index contributed by atoms with van der Waals surface area (Å²) < 4.78 is 0. The summed E-state index contributed by atoms with van der Waals surface area (Å²) in [6, 6.07) is 0. The molecule has 0 aromatic heterocycles. The molecule has 0 spiro atoms. The fourth-order valence-corrected chi connectivity index (χ4v) is 0. The van der Waals surface area contributed by atoms with Gasteiger partial charge < -0.3 is 0 Å². The van der Waals surface area contributed by atoms with Crippen LogP contribution in [0.1, 0.15) is 0 Å². The van der Waals surface area contributed by atoms with Crippen LogP contribution in [0.5, 0.6) is 0 Å². The summed E-state index contributed by atoms with van der Waals surface area (Å²) in [6.45, 7) is 0. The lowest BCUT2D eigenvalue weighted by atomic mass is 10.9. The lowest BCUT2D eigenvalue weighted by molar-refractivity contribution is -0.110. The minimum absolute atomic E-state index is 0.0957. The Hall–Kier alpha value is 0.790. The predicted molar refractivity (Wildman–Crippen MR) is 47.9 cm³/mol. The average molecular weight is 260 g/mol. The molecule has 66 valence electrons. The minimum atomic E-state index is -1.08. The highest BCUT2D eigenvalue weighted by Crippen LogP contribution is 2.03. The molecule has 0 rings (SSSR count). The van der Waals surface area contributed by atoms with Crippen LogP contribution in [-0.2, 0) is 9.59 Å². The van der Waals surface area contributed by atoms with Crippen LogP contribution < -0.4 is 0 Å². The summed E-state index contributed by atoms with van der Waals surface area (Å²) in [6.07, 6.45) is 0. The highest BCUT2D eigenvalue weighted by Gasteiger charge is 2.04. The van der Waals surface area contributed by atoms with E-state index >= 15 is 0 Å². The Morgan fingerprint density at radius 3 is 1.36 bits per heavy atom. The summed E-state index contributed by atoms with van der Waals surface area (Å²) in [4.78, 5) is 18.0. The van der Waals surface area contributed by atoms with Gasteiger partial charge in [0.25, 0.3) is 5.24 Å². The summed E-state index contributed by atoms with van der Waals surface area (Å²) in [5.41, 5.74) is 0. The minimum Gasteiger partial charge on any atom is -0.280 e. The molecule has 0 aliphatic heterocycles. The van der Waals surface area contributed by atoms with Gasteiger partial charge in [0.15, 0.2) is 4.84 Å². The van der Waals surface area contributed by atoms with E-state index in [9.17, 15) is 9.59 Å². The standard InChI is InChI=1S/C2HCl3O.C2H2Cl2O/c3-1(4)2(5)6;3-1-2(4)5/h1H;1H2. The Kier molecular flexibility index (Phi) is 11.6. The summed E-state index contributed by atoms with van der Waals surface area (Å²) in [5, 5.41) is -1.25. The predicted octanol–water partition coefficient (Wildman–Crippen LogP) is 2.55. The lowest BCUT2D eigenvalue weighted by Crippen LogP contribution is -1.95. The Morgan fingerprint density at radius 1 is 1.18 bits per heavy atom. The number of rotatable bonds is 2. The van der Waals surface area contributed by atoms with E-state index in [1.165, 1.54) is 0 Å². The average Bonchev–Trinajstić information content (AvgIpc) is 1.89. The number of hydrogen-bond acceptors (Lipinski definition) is 2. The SMILES string of the molecule is O=C(Cl)C(Cl)Cl.O=C(Cl)CCl. The fourth-order valence-electron chi connectivity index (χ4n) is 0. The van der Waals surface area contributed by atoms with Gasteiger partial charge in [-0.1, -0.05) is 23.2 Å². The van der Waals surface area contributed by atoms with Crippen LogP contribution in [0, 0.1) is 0 Å². The number of alkyl halides is 3. The lowest BCUT2D eigenvalue weighted by Gasteiger charge is -1.82. The molecule has 7 heteroatoms. The molecule has 0 fully saturated rings. The smallest absolute Gasteiger partial charge is 0.254 e. The quantitative estimate of drug-likeness (QED) is 0.565. The monoisotopic (exact) mass is 258 g/mol. The van der Waals surface area contributed by atoms with Crippen LogP contribution in [0.3, 0.4) is 0 Å². The van der Waals surface area contributed by atoms with Crippen molar-refractivity contribution in [2.45, 2.75) is 4.84 Å². The van der Waals surface area contributed by atoms with Gasteiger partial charge in [-0.15, -0.1) is 11.6 Å². The molecule has 0 atom stereocenters. The number of carbonyl (C=O) groups is 2. The molecule has 0 aromatic rings. The fraction of sp³-hybridized carbons (Fsp3) is 0.500. The third-order valence-electron chi connectivity index (χ3n) is 0.277. The van der Waals surface area contributed by atoms with E-state index in [1.54, 1.807) is 0 Å². The molecule has 11 heavy (non-hydrogen) atoms. The van der Waals surface area contributed by atoms with Gasteiger partial charge in [-0.2, -0.15) is 0 Å². The second kappa shape index (κ2) is 8.88. The zero-order valence-electron chi connectivity index (χ0n) is 4.99. The molecule has 0 saturated heterocycles. The first-order valence-electron chi connectivity index (χ1n) is 2.13. The zero-order chi connectivity index (χ0) is 9.44. The van der Waals surface area contributed by atoms with Gasteiger partial charge in [-0.3, -0.25) is 9.59 Å².